The lowest BCUT2D eigenvalue weighted by Gasteiger charge is -2.20. The molecule has 1 saturated carbocycles. The molecule has 1 amide bonds. The van der Waals surface area contributed by atoms with E-state index in [1.54, 1.807) is 24.4 Å². The molecule has 0 bridgehead atoms. The van der Waals surface area contributed by atoms with Crippen LogP contribution >= 0.6 is 12.4 Å². The van der Waals surface area contributed by atoms with Crippen molar-refractivity contribution < 1.29 is 4.79 Å². The van der Waals surface area contributed by atoms with Gasteiger partial charge in [0.25, 0.3) is 5.91 Å². The standard InChI is InChI=1S/C13H17N3O.ClH/c1-2-7-16(12-3-4-12)13(17)10-5-6-15-11(8-10)9-14;/h2,5-6,8,12H,1,3-4,7,9,14H2;1H. The normalized spacial score (nSPS) is 13.6. The van der Waals surface area contributed by atoms with Crippen molar-refractivity contribution in [3.8, 4) is 0 Å². The molecule has 18 heavy (non-hydrogen) atoms. The van der Waals surface area contributed by atoms with E-state index in [0.29, 0.717) is 24.7 Å². The molecule has 1 heterocycles. The summed E-state index contributed by atoms with van der Waals surface area (Å²) >= 11 is 0. The smallest absolute Gasteiger partial charge is 0.254 e. The molecule has 5 heteroatoms. The highest BCUT2D eigenvalue weighted by molar-refractivity contribution is 5.94. The number of carbonyl (C=O) groups excluding carboxylic acids is 1. The molecule has 4 nitrogen and oxygen atoms in total. The molecule has 2 N–H and O–H groups in total. The van der Waals surface area contributed by atoms with Crippen LogP contribution in [-0.4, -0.2) is 28.4 Å². The van der Waals surface area contributed by atoms with E-state index in [2.05, 4.69) is 11.6 Å². The van der Waals surface area contributed by atoms with Gasteiger partial charge in [0.05, 0.1) is 5.69 Å². The minimum atomic E-state index is 0. The maximum atomic E-state index is 12.3. The van der Waals surface area contributed by atoms with Crippen LogP contribution in [0.4, 0.5) is 0 Å². The van der Waals surface area contributed by atoms with Gasteiger partial charge in [-0.2, -0.15) is 0 Å². The molecule has 0 unspecified atom stereocenters. The van der Waals surface area contributed by atoms with Crippen LogP contribution in [0, 0.1) is 0 Å². The molecular weight excluding hydrogens is 250 g/mol. The van der Waals surface area contributed by atoms with Crippen molar-refractivity contribution in [3.05, 3.63) is 42.2 Å². The molecule has 1 aromatic rings. The zero-order chi connectivity index (χ0) is 12.3. The molecule has 0 atom stereocenters. The van der Waals surface area contributed by atoms with E-state index in [1.807, 2.05) is 4.90 Å². The van der Waals surface area contributed by atoms with Gasteiger partial charge in [-0.15, -0.1) is 19.0 Å². The van der Waals surface area contributed by atoms with E-state index in [0.717, 1.165) is 18.5 Å². The topological polar surface area (TPSA) is 59.2 Å². The molecule has 0 radical (unpaired) electrons. The Balaban J connectivity index is 0.00000162. The summed E-state index contributed by atoms with van der Waals surface area (Å²) < 4.78 is 0. The summed E-state index contributed by atoms with van der Waals surface area (Å²) in [5.41, 5.74) is 6.92. The Morgan fingerprint density at radius 3 is 2.89 bits per heavy atom. The van der Waals surface area contributed by atoms with E-state index >= 15 is 0 Å². The molecule has 0 saturated heterocycles. The summed E-state index contributed by atoms with van der Waals surface area (Å²) in [5, 5.41) is 0. The SMILES string of the molecule is C=CCN(C(=O)c1ccnc(CN)c1)C1CC1.Cl. The molecule has 1 aliphatic rings. The number of amides is 1. The first-order valence-corrected chi connectivity index (χ1v) is 5.83. The second-order valence-corrected chi connectivity index (χ2v) is 4.22. The van der Waals surface area contributed by atoms with Crippen molar-refractivity contribution >= 4 is 18.3 Å². The largest absolute Gasteiger partial charge is 0.332 e. The van der Waals surface area contributed by atoms with E-state index in [9.17, 15) is 4.79 Å². The Morgan fingerprint density at radius 1 is 1.61 bits per heavy atom. The van der Waals surface area contributed by atoms with Crippen LogP contribution in [0.1, 0.15) is 28.9 Å². The lowest BCUT2D eigenvalue weighted by Crippen LogP contribution is -2.33. The van der Waals surface area contributed by atoms with Crippen LogP contribution in [0.5, 0.6) is 0 Å². The van der Waals surface area contributed by atoms with Gasteiger partial charge in [-0.25, -0.2) is 0 Å². The van der Waals surface area contributed by atoms with Gasteiger partial charge in [-0.1, -0.05) is 6.08 Å². The molecule has 2 rings (SSSR count). The average molecular weight is 268 g/mol. The van der Waals surface area contributed by atoms with E-state index in [4.69, 9.17) is 5.73 Å². The van der Waals surface area contributed by atoms with Gasteiger partial charge in [-0.05, 0) is 25.0 Å². The second-order valence-electron chi connectivity index (χ2n) is 4.22. The van der Waals surface area contributed by atoms with Gasteiger partial charge in [0.15, 0.2) is 0 Å². The number of nitrogens with two attached hydrogens (primary N) is 1. The van der Waals surface area contributed by atoms with Crippen LogP contribution in [-0.2, 0) is 6.54 Å². The van der Waals surface area contributed by atoms with E-state index < -0.39 is 0 Å². The summed E-state index contributed by atoms with van der Waals surface area (Å²) in [4.78, 5) is 18.2. The third-order valence-corrected chi connectivity index (χ3v) is 2.85. The monoisotopic (exact) mass is 267 g/mol. The first-order valence-electron chi connectivity index (χ1n) is 5.83. The van der Waals surface area contributed by atoms with Gasteiger partial charge in [0.1, 0.15) is 0 Å². The predicted octanol–water partition coefficient (Wildman–Crippen LogP) is 1.75. The lowest BCUT2D eigenvalue weighted by atomic mass is 10.2. The van der Waals surface area contributed by atoms with Crippen molar-refractivity contribution in [3.63, 3.8) is 0 Å². The van der Waals surface area contributed by atoms with Crippen molar-refractivity contribution in [2.75, 3.05) is 6.54 Å². The summed E-state index contributed by atoms with van der Waals surface area (Å²) in [7, 11) is 0. The first kappa shape index (κ1) is 14.7. The summed E-state index contributed by atoms with van der Waals surface area (Å²) in [6, 6.07) is 3.89. The van der Waals surface area contributed by atoms with Crippen LogP contribution in [0.25, 0.3) is 0 Å². The Hall–Kier alpha value is -1.39. The highest BCUT2D eigenvalue weighted by atomic mass is 35.5. The molecule has 0 aliphatic heterocycles. The zero-order valence-electron chi connectivity index (χ0n) is 10.2. The Labute approximate surface area is 113 Å². The van der Waals surface area contributed by atoms with Gasteiger partial charge in [0.2, 0.25) is 0 Å². The summed E-state index contributed by atoms with van der Waals surface area (Å²) in [5.74, 6) is 0.0458. The number of hydrogen-bond acceptors (Lipinski definition) is 3. The third kappa shape index (κ3) is 3.31. The molecule has 1 aliphatic carbocycles. The van der Waals surface area contributed by atoms with E-state index in [1.165, 1.54) is 0 Å². The van der Waals surface area contributed by atoms with Gasteiger partial charge in [-0.3, -0.25) is 9.78 Å². The van der Waals surface area contributed by atoms with Gasteiger partial charge >= 0.3 is 0 Å². The maximum absolute atomic E-state index is 12.3. The van der Waals surface area contributed by atoms with Crippen LogP contribution in [0.15, 0.2) is 31.0 Å². The number of pyridine rings is 1. The fourth-order valence-electron chi connectivity index (χ4n) is 1.81. The lowest BCUT2D eigenvalue weighted by molar-refractivity contribution is 0.0762. The fourth-order valence-corrected chi connectivity index (χ4v) is 1.81. The highest BCUT2D eigenvalue weighted by Crippen LogP contribution is 2.28. The molecule has 0 spiro atoms. The van der Waals surface area contributed by atoms with Crippen LogP contribution in [0.3, 0.4) is 0 Å². The van der Waals surface area contributed by atoms with Gasteiger partial charge < -0.3 is 10.6 Å². The minimum absolute atomic E-state index is 0. The van der Waals surface area contributed by atoms with Crippen molar-refractivity contribution in [1.29, 1.82) is 0 Å². The number of aromatic nitrogens is 1. The van der Waals surface area contributed by atoms with Crippen molar-refractivity contribution in [2.24, 2.45) is 5.73 Å². The number of rotatable bonds is 5. The summed E-state index contributed by atoms with van der Waals surface area (Å²) in [6.07, 6.45) is 5.58. The molecule has 1 fully saturated rings. The maximum Gasteiger partial charge on any atom is 0.254 e. The Morgan fingerprint density at radius 2 is 2.33 bits per heavy atom. The average Bonchev–Trinajstić information content (AvgIpc) is 3.19. The first-order chi connectivity index (χ1) is 8.26. The molecular formula is C13H18ClN3O. The van der Waals surface area contributed by atoms with E-state index in [-0.39, 0.29) is 18.3 Å². The Bertz CT molecular complexity index is 432. The second kappa shape index (κ2) is 6.52. The van der Waals surface area contributed by atoms with Crippen molar-refractivity contribution in [1.82, 2.24) is 9.88 Å². The van der Waals surface area contributed by atoms with Gasteiger partial charge in [0, 0.05) is 30.9 Å². The molecule has 98 valence electrons. The zero-order valence-corrected chi connectivity index (χ0v) is 11.0. The van der Waals surface area contributed by atoms with Crippen LogP contribution in [0.2, 0.25) is 0 Å². The third-order valence-electron chi connectivity index (χ3n) is 2.85. The molecule has 0 aromatic carbocycles. The molecule has 1 aromatic heterocycles. The predicted molar refractivity (Wildman–Crippen MR) is 73.6 cm³/mol. The Kier molecular flexibility index (Phi) is 5.31. The number of nitrogens with zero attached hydrogens (tertiary/aromatic N) is 2. The highest BCUT2D eigenvalue weighted by Gasteiger charge is 2.32. The minimum Gasteiger partial charge on any atom is -0.332 e. The van der Waals surface area contributed by atoms with Crippen molar-refractivity contribution in [2.45, 2.75) is 25.4 Å². The number of carbonyl (C=O) groups is 1. The quantitative estimate of drug-likeness (QED) is 0.827. The fraction of sp³-hybridized carbons (Fsp3) is 0.385. The number of hydrogen-bond donors (Lipinski definition) is 1. The number of halogens is 1. The van der Waals surface area contributed by atoms with Crippen LogP contribution < -0.4 is 5.73 Å². The summed E-state index contributed by atoms with van der Waals surface area (Å²) in [6.45, 7) is 4.65.